The molecular formula is C8H16F3N2O6PS. The lowest BCUT2D eigenvalue weighted by Crippen LogP contribution is -2.32. The third-order valence-corrected chi connectivity index (χ3v) is 6.09. The average Bonchev–Trinajstić information content (AvgIpc) is 2.21. The number of aliphatic carboxylic acids is 1. The number of rotatable bonds is 8. The summed E-state index contributed by atoms with van der Waals surface area (Å²) in [6, 6.07) is -1.44. The fraction of sp³-hybridized carbons (Fsp3) is 0.875. The predicted octanol–water partition coefficient (Wildman–Crippen LogP) is 0.692. The van der Waals surface area contributed by atoms with Crippen molar-refractivity contribution in [2.45, 2.75) is 31.5 Å². The molecule has 0 heterocycles. The van der Waals surface area contributed by atoms with Gasteiger partial charge in [-0.2, -0.15) is 13.2 Å². The van der Waals surface area contributed by atoms with Gasteiger partial charge >= 0.3 is 19.9 Å². The van der Waals surface area contributed by atoms with Gasteiger partial charge in [-0.1, -0.05) is 0 Å². The Bertz CT molecular complexity index is 525. The van der Waals surface area contributed by atoms with E-state index in [1.807, 2.05) is 0 Å². The molecule has 0 aromatic heterocycles. The van der Waals surface area contributed by atoms with E-state index in [0.29, 0.717) is 0 Å². The molecule has 0 aliphatic rings. The molecule has 0 bridgehead atoms. The van der Waals surface area contributed by atoms with Crippen LogP contribution in [0.2, 0.25) is 0 Å². The van der Waals surface area contributed by atoms with Gasteiger partial charge in [0.15, 0.2) is 0 Å². The van der Waals surface area contributed by atoms with Gasteiger partial charge in [-0.15, -0.1) is 4.13 Å². The van der Waals surface area contributed by atoms with Crippen molar-refractivity contribution < 1.29 is 41.6 Å². The molecule has 5 N–H and O–H groups in total. The monoisotopic (exact) mass is 356 g/mol. The Morgan fingerprint density at radius 1 is 1.33 bits per heavy atom. The molecular weight excluding hydrogens is 340 g/mol. The molecule has 0 fully saturated rings. The highest BCUT2D eigenvalue weighted by Gasteiger charge is 2.28. The first-order valence-electron chi connectivity index (χ1n) is 5.59. The van der Waals surface area contributed by atoms with Crippen LogP contribution in [0.4, 0.5) is 13.2 Å². The molecule has 0 rings (SSSR count). The molecule has 0 spiro atoms. The molecule has 126 valence electrons. The lowest BCUT2D eigenvalue weighted by atomic mass is 10.2. The molecule has 0 amide bonds. The van der Waals surface area contributed by atoms with Gasteiger partial charge in [0.05, 0.1) is 9.73 Å². The van der Waals surface area contributed by atoms with Crippen molar-refractivity contribution in [2.24, 2.45) is 9.87 Å². The van der Waals surface area contributed by atoms with Crippen molar-refractivity contribution in [3.8, 4) is 0 Å². The van der Waals surface area contributed by atoms with Gasteiger partial charge in [0.1, 0.15) is 6.04 Å². The Labute approximate surface area is 118 Å². The van der Waals surface area contributed by atoms with Crippen LogP contribution >= 0.6 is 7.75 Å². The number of carboxylic acids is 1. The maximum absolute atomic E-state index is 12.1. The summed E-state index contributed by atoms with van der Waals surface area (Å²) in [4.78, 5) is 27.9. The predicted molar refractivity (Wildman–Crippen MR) is 67.9 cm³/mol. The normalized spacial score (nSPS) is 17.0. The Morgan fingerprint density at radius 2 is 1.86 bits per heavy atom. The maximum atomic E-state index is 12.1. The summed E-state index contributed by atoms with van der Waals surface area (Å²) in [5, 5.41) is 8.54. The Kier molecular flexibility index (Phi) is 7.30. The van der Waals surface area contributed by atoms with E-state index in [0.717, 1.165) is 0 Å². The zero-order valence-corrected chi connectivity index (χ0v) is 12.4. The molecule has 0 saturated heterocycles. The van der Waals surface area contributed by atoms with Gasteiger partial charge in [0, 0.05) is 17.9 Å². The zero-order valence-electron chi connectivity index (χ0n) is 10.7. The second-order valence-electron chi connectivity index (χ2n) is 4.23. The number of nitrogens with zero attached hydrogens (tertiary/aromatic N) is 1. The molecule has 0 aromatic rings. The SMILES string of the molecule is N[C@@H](CC[S@@](=O)(CCCC(F)(F)F)=NP(=O)(O)O)C(=O)O. The fourth-order valence-corrected chi connectivity index (χ4v) is 4.94. The van der Waals surface area contributed by atoms with Crippen molar-refractivity contribution >= 4 is 23.4 Å². The minimum absolute atomic E-state index is 0.427. The number of hydrogen-bond acceptors (Lipinski definition) is 4. The summed E-state index contributed by atoms with van der Waals surface area (Å²) in [6.45, 7) is 0. The first kappa shape index (κ1) is 20.3. The van der Waals surface area contributed by atoms with Gasteiger partial charge in [-0.3, -0.25) is 4.79 Å². The van der Waals surface area contributed by atoms with E-state index in [1.165, 1.54) is 0 Å². The van der Waals surface area contributed by atoms with Crippen molar-refractivity contribution in [3.05, 3.63) is 0 Å². The first-order valence-corrected chi connectivity index (χ1v) is 9.01. The van der Waals surface area contributed by atoms with E-state index >= 15 is 0 Å². The van der Waals surface area contributed by atoms with Crippen LogP contribution in [-0.2, 0) is 19.1 Å². The van der Waals surface area contributed by atoms with Crippen LogP contribution < -0.4 is 5.73 Å². The Morgan fingerprint density at radius 3 is 2.24 bits per heavy atom. The van der Waals surface area contributed by atoms with Crippen LogP contribution in [0.1, 0.15) is 19.3 Å². The van der Waals surface area contributed by atoms with E-state index in [9.17, 15) is 26.7 Å². The highest BCUT2D eigenvalue weighted by molar-refractivity contribution is 7.96. The maximum Gasteiger partial charge on any atom is 0.456 e. The summed E-state index contributed by atoms with van der Waals surface area (Å²) in [5.41, 5.74) is 5.14. The van der Waals surface area contributed by atoms with Crippen LogP contribution in [0, 0.1) is 0 Å². The van der Waals surface area contributed by atoms with Gasteiger partial charge in [0.25, 0.3) is 0 Å². The zero-order chi connectivity index (χ0) is 16.9. The second-order valence-corrected chi connectivity index (χ2v) is 8.27. The molecule has 0 aliphatic heterocycles. The topological polar surface area (TPSA) is 150 Å². The molecule has 13 heteroatoms. The van der Waals surface area contributed by atoms with E-state index < -0.39 is 66.4 Å². The Balaban J connectivity index is 4.97. The Hall–Kier alpha value is -0.680. The fourth-order valence-electron chi connectivity index (χ4n) is 1.31. The van der Waals surface area contributed by atoms with Gasteiger partial charge in [0.2, 0.25) is 0 Å². The van der Waals surface area contributed by atoms with E-state index in [-0.39, 0.29) is 0 Å². The summed E-state index contributed by atoms with van der Waals surface area (Å²) < 4.78 is 61.7. The average molecular weight is 356 g/mol. The number of carbonyl (C=O) groups is 1. The lowest BCUT2D eigenvalue weighted by Gasteiger charge is -2.13. The molecule has 0 saturated carbocycles. The highest BCUT2D eigenvalue weighted by atomic mass is 32.2. The van der Waals surface area contributed by atoms with E-state index in [1.54, 1.807) is 0 Å². The first-order chi connectivity index (χ1) is 9.24. The number of nitrogens with two attached hydrogens (primary N) is 1. The van der Waals surface area contributed by atoms with E-state index in [2.05, 4.69) is 4.13 Å². The van der Waals surface area contributed by atoms with Crippen molar-refractivity contribution in [1.29, 1.82) is 0 Å². The largest absolute Gasteiger partial charge is 0.480 e. The number of hydrogen-bond donors (Lipinski definition) is 4. The summed E-state index contributed by atoms with van der Waals surface area (Å²) in [5.74, 6) is -2.74. The van der Waals surface area contributed by atoms with Gasteiger partial charge < -0.3 is 20.6 Å². The van der Waals surface area contributed by atoms with Crippen LogP contribution in [0.25, 0.3) is 0 Å². The smallest absolute Gasteiger partial charge is 0.456 e. The van der Waals surface area contributed by atoms with Crippen LogP contribution in [0.3, 0.4) is 0 Å². The van der Waals surface area contributed by atoms with Gasteiger partial charge in [-0.25, -0.2) is 8.77 Å². The van der Waals surface area contributed by atoms with Crippen molar-refractivity contribution in [3.63, 3.8) is 0 Å². The number of alkyl halides is 3. The molecule has 0 aliphatic carbocycles. The van der Waals surface area contributed by atoms with Crippen LogP contribution in [0.5, 0.6) is 0 Å². The molecule has 21 heavy (non-hydrogen) atoms. The lowest BCUT2D eigenvalue weighted by molar-refractivity contribution is -0.138. The quantitative estimate of drug-likeness (QED) is 0.467. The molecule has 0 aromatic carbocycles. The van der Waals surface area contributed by atoms with E-state index in [4.69, 9.17) is 20.6 Å². The molecule has 8 nitrogen and oxygen atoms in total. The molecule has 0 unspecified atom stereocenters. The van der Waals surface area contributed by atoms with Crippen LogP contribution in [-0.4, -0.2) is 48.8 Å². The molecule has 2 atom stereocenters. The number of carboxylic acid groups (broad SMARTS) is 1. The third kappa shape index (κ3) is 10.7. The summed E-state index contributed by atoms with van der Waals surface area (Å²) in [7, 11) is -8.75. The molecule has 0 radical (unpaired) electrons. The second kappa shape index (κ2) is 7.54. The van der Waals surface area contributed by atoms with Gasteiger partial charge in [-0.05, 0) is 12.8 Å². The summed E-state index contributed by atoms with van der Waals surface area (Å²) >= 11 is 0. The van der Waals surface area contributed by atoms with Crippen molar-refractivity contribution in [1.82, 2.24) is 0 Å². The van der Waals surface area contributed by atoms with Crippen LogP contribution in [0.15, 0.2) is 4.13 Å². The van der Waals surface area contributed by atoms with Crippen molar-refractivity contribution in [2.75, 3.05) is 11.5 Å². The number of halogens is 3. The minimum Gasteiger partial charge on any atom is -0.480 e. The third-order valence-electron chi connectivity index (χ3n) is 2.24. The minimum atomic E-state index is -5.07. The summed E-state index contributed by atoms with van der Waals surface area (Å²) in [6.07, 6.45) is -6.86. The standard InChI is InChI=1S/C8H16F3N2O6PS/c9-8(10,11)3-1-4-21(19,13-20(16,17)18)5-2-6(12)7(14)15/h6H,1-5,12H2,(H,14,15)(H2,16,17,18)/t6-,21-/m0/s1. The highest BCUT2D eigenvalue weighted by Crippen LogP contribution is 2.38.